The van der Waals surface area contributed by atoms with Gasteiger partial charge in [0.1, 0.15) is 11.3 Å². The molecular formula is C13H13ClN2O4. The Labute approximate surface area is 120 Å². The summed E-state index contributed by atoms with van der Waals surface area (Å²) >= 11 is 6.22. The maximum Gasteiger partial charge on any atom is 0.360 e. The lowest BCUT2D eigenvalue weighted by atomic mass is 10.2. The molecule has 0 bridgehead atoms. The highest BCUT2D eigenvalue weighted by atomic mass is 35.5. The SMILES string of the molecule is CCOC(=O)c1nnc2c(OC)cc(OC)cc2c1Cl. The molecule has 0 spiro atoms. The minimum absolute atomic E-state index is 0.0312. The second kappa shape index (κ2) is 5.92. The Morgan fingerprint density at radius 3 is 2.60 bits per heavy atom. The Morgan fingerprint density at radius 2 is 2.00 bits per heavy atom. The van der Waals surface area contributed by atoms with Crippen molar-refractivity contribution < 1.29 is 19.0 Å². The average molecular weight is 297 g/mol. The molecular weight excluding hydrogens is 284 g/mol. The highest BCUT2D eigenvalue weighted by Gasteiger charge is 2.19. The molecule has 0 aliphatic heterocycles. The van der Waals surface area contributed by atoms with Crippen LogP contribution in [0, 0.1) is 0 Å². The minimum atomic E-state index is -0.617. The van der Waals surface area contributed by atoms with Gasteiger partial charge in [0, 0.05) is 11.5 Å². The Balaban J connectivity index is 2.68. The number of methoxy groups -OCH3 is 2. The van der Waals surface area contributed by atoms with E-state index in [-0.39, 0.29) is 17.3 Å². The molecule has 106 valence electrons. The Morgan fingerprint density at radius 1 is 1.25 bits per heavy atom. The van der Waals surface area contributed by atoms with Gasteiger partial charge >= 0.3 is 5.97 Å². The first-order chi connectivity index (χ1) is 9.62. The third-order valence-corrected chi connectivity index (χ3v) is 3.05. The number of esters is 1. The van der Waals surface area contributed by atoms with Crippen LogP contribution in [0.3, 0.4) is 0 Å². The van der Waals surface area contributed by atoms with Crippen molar-refractivity contribution in [2.45, 2.75) is 6.92 Å². The second-order valence-electron chi connectivity index (χ2n) is 3.81. The molecule has 0 radical (unpaired) electrons. The van der Waals surface area contributed by atoms with Crippen LogP contribution >= 0.6 is 11.6 Å². The van der Waals surface area contributed by atoms with Crippen LogP contribution in [-0.2, 0) is 4.74 Å². The van der Waals surface area contributed by atoms with Gasteiger partial charge in [0.15, 0.2) is 11.4 Å². The van der Waals surface area contributed by atoms with E-state index < -0.39 is 5.97 Å². The molecule has 1 aromatic heterocycles. The predicted molar refractivity (Wildman–Crippen MR) is 73.6 cm³/mol. The first kappa shape index (κ1) is 14.3. The van der Waals surface area contributed by atoms with Crippen molar-refractivity contribution in [2.24, 2.45) is 0 Å². The van der Waals surface area contributed by atoms with Crippen LogP contribution in [0.25, 0.3) is 10.9 Å². The van der Waals surface area contributed by atoms with Crippen LogP contribution in [-0.4, -0.2) is 37.0 Å². The maximum atomic E-state index is 11.7. The van der Waals surface area contributed by atoms with Gasteiger partial charge in [-0.2, -0.15) is 0 Å². The Kier molecular flexibility index (Phi) is 4.24. The minimum Gasteiger partial charge on any atom is -0.497 e. The molecule has 0 N–H and O–H groups in total. The zero-order valence-electron chi connectivity index (χ0n) is 11.3. The fourth-order valence-corrected chi connectivity index (χ4v) is 1.99. The zero-order valence-corrected chi connectivity index (χ0v) is 12.0. The van der Waals surface area contributed by atoms with Gasteiger partial charge < -0.3 is 14.2 Å². The summed E-state index contributed by atoms with van der Waals surface area (Å²) in [6.07, 6.45) is 0. The first-order valence-electron chi connectivity index (χ1n) is 5.87. The smallest absolute Gasteiger partial charge is 0.360 e. The van der Waals surface area contributed by atoms with Crippen molar-refractivity contribution in [3.8, 4) is 11.5 Å². The molecule has 0 saturated carbocycles. The highest BCUT2D eigenvalue weighted by Crippen LogP contribution is 2.34. The summed E-state index contributed by atoms with van der Waals surface area (Å²) in [5.74, 6) is 0.386. The summed E-state index contributed by atoms with van der Waals surface area (Å²) in [6.45, 7) is 1.93. The van der Waals surface area contributed by atoms with Gasteiger partial charge in [-0.1, -0.05) is 11.6 Å². The van der Waals surface area contributed by atoms with Gasteiger partial charge in [-0.05, 0) is 13.0 Å². The van der Waals surface area contributed by atoms with E-state index in [0.29, 0.717) is 22.4 Å². The standard InChI is InChI=1S/C13H13ClN2O4/c1-4-20-13(17)12-10(14)8-5-7(18-2)6-9(19-3)11(8)15-16-12/h5-6H,4H2,1-3H3. The Hall–Kier alpha value is -2.08. The van der Waals surface area contributed by atoms with Crippen molar-refractivity contribution in [3.05, 3.63) is 22.8 Å². The van der Waals surface area contributed by atoms with E-state index in [9.17, 15) is 4.79 Å². The lowest BCUT2D eigenvalue weighted by molar-refractivity contribution is 0.0518. The monoisotopic (exact) mass is 296 g/mol. The molecule has 0 aliphatic carbocycles. The van der Waals surface area contributed by atoms with Crippen molar-refractivity contribution in [3.63, 3.8) is 0 Å². The third-order valence-electron chi connectivity index (χ3n) is 2.67. The number of hydrogen-bond donors (Lipinski definition) is 0. The average Bonchev–Trinajstić information content (AvgIpc) is 2.46. The summed E-state index contributed by atoms with van der Waals surface area (Å²) in [5.41, 5.74) is 0.419. The lowest BCUT2D eigenvalue weighted by Crippen LogP contribution is -2.09. The summed E-state index contributed by atoms with van der Waals surface area (Å²) in [4.78, 5) is 11.7. The van der Waals surface area contributed by atoms with Gasteiger partial charge in [-0.15, -0.1) is 10.2 Å². The van der Waals surface area contributed by atoms with E-state index in [1.165, 1.54) is 14.2 Å². The van der Waals surface area contributed by atoms with Crippen LogP contribution in [0.5, 0.6) is 11.5 Å². The van der Waals surface area contributed by atoms with E-state index in [0.717, 1.165) is 0 Å². The number of nitrogens with zero attached hydrogens (tertiary/aromatic N) is 2. The van der Waals surface area contributed by atoms with Crippen molar-refractivity contribution in [1.29, 1.82) is 0 Å². The molecule has 0 unspecified atom stereocenters. The molecule has 1 heterocycles. The second-order valence-corrected chi connectivity index (χ2v) is 4.19. The van der Waals surface area contributed by atoms with E-state index >= 15 is 0 Å². The number of fused-ring (bicyclic) bond motifs is 1. The molecule has 0 atom stereocenters. The third kappa shape index (κ3) is 2.46. The fraction of sp³-hybridized carbons (Fsp3) is 0.308. The first-order valence-corrected chi connectivity index (χ1v) is 6.25. The predicted octanol–water partition coefficient (Wildman–Crippen LogP) is 2.48. The lowest BCUT2D eigenvalue weighted by Gasteiger charge is -2.10. The Bertz CT molecular complexity index is 660. The van der Waals surface area contributed by atoms with E-state index in [1.54, 1.807) is 19.1 Å². The van der Waals surface area contributed by atoms with E-state index in [1.807, 2.05) is 0 Å². The molecule has 0 fully saturated rings. The largest absolute Gasteiger partial charge is 0.497 e. The number of carbonyl (C=O) groups excluding carboxylic acids is 1. The molecule has 0 saturated heterocycles. The number of rotatable bonds is 4. The number of benzene rings is 1. The summed E-state index contributed by atoms with van der Waals surface area (Å²) in [6, 6.07) is 3.33. The molecule has 0 amide bonds. The zero-order chi connectivity index (χ0) is 14.7. The molecule has 20 heavy (non-hydrogen) atoms. The number of hydrogen-bond acceptors (Lipinski definition) is 6. The number of ether oxygens (including phenoxy) is 3. The molecule has 1 aromatic carbocycles. The van der Waals surface area contributed by atoms with Crippen LogP contribution in [0.4, 0.5) is 0 Å². The highest BCUT2D eigenvalue weighted by molar-refractivity contribution is 6.38. The van der Waals surface area contributed by atoms with Crippen LogP contribution in [0.2, 0.25) is 5.02 Å². The number of carbonyl (C=O) groups is 1. The van der Waals surface area contributed by atoms with Gasteiger partial charge in [-0.3, -0.25) is 0 Å². The van der Waals surface area contributed by atoms with Crippen molar-refractivity contribution >= 4 is 28.5 Å². The van der Waals surface area contributed by atoms with E-state index in [2.05, 4.69) is 10.2 Å². The van der Waals surface area contributed by atoms with Gasteiger partial charge in [-0.25, -0.2) is 4.79 Å². The summed E-state index contributed by atoms with van der Waals surface area (Å²) in [7, 11) is 3.03. The molecule has 7 heteroatoms. The molecule has 2 aromatic rings. The summed E-state index contributed by atoms with van der Waals surface area (Å²) in [5, 5.41) is 8.46. The van der Waals surface area contributed by atoms with Crippen LogP contribution < -0.4 is 9.47 Å². The normalized spacial score (nSPS) is 10.4. The van der Waals surface area contributed by atoms with Crippen molar-refractivity contribution in [1.82, 2.24) is 10.2 Å². The quantitative estimate of drug-likeness (QED) is 0.807. The number of halogens is 1. The number of aromatic nitrogens is 2. The van der Waals surface area contributed by atoms with Gasteiger partial charge in [0.05, 0.1) is 25.8 Å². The molecule has 2 rings (SSSR count). The van der Waals surface area contributed by atoms with Crippen LogP contribution in [0.15, 0.2) is 12.1 Å². The topological polar surface area (TPSA) is 70.5 Å². The fourth-order valence-electron chi connectivity index (χ4n) is 1.73. The summed E-state index contributed by atoms with van der Waals surface area (Å²) < 4.78 is 15.3. The van der Waals surface area contributed by atoms with Gasteiger partial charge in [0.2, 0.25) is 0 Å². The van der Waals surface area contributed by atoms with Crippen molar-refractivity contribution in [2.75, 3.05) is 20.8 Å². The molecule has 0 aliphatic rings. The maximum absolute atomic E-state index is 11.7. The molecule has 6 nitrogen and oxygen atoms in total. The van der Waals surface area contributed by atoms with Crippen LogP contribution in [0.1, 0.15) is 17.4 Å². The van der Waals surface area contributed by atoms with E-state index in [4.69, 9.17) is 25.8 Å². The van der Waals surface area contributed by atoms with Gasteiger partial charge in [0.25, 0.3) is 0 Å².